The number of carbonyl (C=O) groups excluding carboxylic acids is 1. The minimum Gasteiger partial charge on any atom is -0.360 e. The Labute approximate surface area is 142 Å². The van der Waals surface area contributed by atoms with Crippen LogP contribution in [-0.4, -0.2) is 16.2 Å². The van der Waals surface area contributed by atoms with Crippen LogP contribution in [0.2, 0.25) is 5.02 Å². The summed E-state index contributed by atoms with van der Waals surface area (Å²) in [6.45, 7) is 0. The zero-order chi connectivity index (χ0) is 16.5. The van der Waals surface area contributed by atoms with Gasteiger partial charge in [0.1, 0.15) is 11.5 Å². The number of hydrogen-bond acceptors (Lipinski definition) is 5. The van der Waals surface area contributed by atoms with Crippen LogP contribution in [0.25, 0.3) is 11.3 Å². The molecular formula is C17H14ClN3O3. The summed E-state index contributed by atoms with van der Waals surface area (Å²) < 4.78 is 10.5. The van der Waals surface area contributed by atoms with Crippen LogP contribution < -0.4 is 5.32 Å². The Hall–Kier alpha value is -2.60. The molecule has 24 heavy (non-hydrogen) atoms. The van der Waals surface area contributed by atoms with E-state index in [-0.39, 0.29) is 11.8 Å². The molecule has 6 nitrogen and oxygen atoms in total. The Kier molecular flexibility index (Phi) is 3.82. The van der Waals surface area contributed by atoms with Crippen LogP contribution in [0.3, 0.4) is 0 Å². The van der Waals surface area contributed by atoms with E-state index >= 15 is 0 Å². The van der Waals surface area contributed by atoms with E-state index in [1.165, 1.54) is 0 Å². The lowest BCUT2D eigenvalue weighted by Gasteiger charge is -2.08. The Morgan fingerprint density at radius 2 is 2.00 bits per heavy atom. The SMILES string of the molecule is O=C(Nc1cc(-c2cccc(Cl)c2)no1)c1noc2c1CCCC2. The predicted molar refractivity (Wildman–Crippen MR) is 88.0 cm³/mol. The summed E-state index contributed by atoms with van der Waals surface area (Å²) in [4.78, 5) is 12.4. The largest absolute Gasteiger partial charge is 0.360 e. The zero-order valence-corrected chi connectivity index (χ0v) is 13.5. The second-order valence-electron chi connectivity index (χ2n) is 5.68. The molecule has 1 aliphatic carbocycles. The monoisotopic (exact) mass is 343 g/mol. The lowest BCUT2D eigenvalue weighted by Crippen LogP contribution is -2.15. The molecule has 7 heteroatoms. The summed E-state index contributed by atoms with van der Waals surface area (Å²) in [5.41, 5.74) is 2.62. The van der Waals surface area contributed by atoms with Crippen molar-refractivity contribution in [2.24, 2.45) is 0 Å². The van der Waals surface area contributed by atoms with Crippen LogP contribution in [0, 0.1) is 0 Å². The average Bonchev–Trinajstić information content (AvgIpc) is 3.21. The van der Waals surface area contributed by atoms with Gasteiger partial charge in [-0.2, -0.15) is 0 Å². The van der Waals surface area contributed by atoms with Crippen molar-refractivity contribution in [2.45, 2.75) is 25.7 Å². The van der Waals surface area contributed by atoms with Crippen LogP contribution in [-0.2, 0) is 12.8 Å². The second kappa shape index (κ2) is 6.13. The predicted octanol–water partition coefficient (Wildman–Crippen LogP) is 4.11. The van der Waals surface area contributed by atoms with Crippen molar-refractivity contribution in [3.05, 3.63) is 52.4 Å². The molecule has 0 atom stereocenters. The van der Waals surface area contributed by atoms with E-state index in [0.717, 1.165) is 42.6 Å². The molecule has 2 aromatic heterocycles. The van der Waals surface area contributed by atoms with Gasteiger partial charge in [-0.1, -0.05) is 34.0 Å². The molecule has 3 aromatic rings. The highest BCUT2D eigenvalue weighted by Crippen LogP contribution is 2.27. The van der Waals surface area contributed by atoms with Gasteiger partial charge in [-0.25, -0.2) is 0 Å². The van der Waals surface area contributed by atoms with E-state index < -0.39 is 0 Å². The van der Waals surface area contributed by atoms with Crippen molar-refractivity contribution >= 4 is 23.4 Å². The number of nitrogens with zero attached hydrogens (tertiary/aromatic N) is 2. The number of benzene rings is 1. The molecule has 0 unspecified atom stereocenters. The van der Waals surface area contributed by atoms with Crippen molar-refractivity contribution in [3.63, 3.8) is 0 Å². The molecule has 4 rings (SSSR count). The van der Waals surface area contributed by atoms with Crippen LogP contribution in [0.15, 0.2) is 39.4 Å². The maximum absolute atomic E-state index is 12.4. The lowest BCUT2D eigenvalue weighted by atomic mass is 9.96. The van der Waals surface area contributed by atoms with Crippen molar-refractivity contribution in [3.8, 4) is 11.3 Å². The number of nitrogens with one attached hydrogen (secondary N) is 1. The number of amides is 1. The molecule has 0 saturated carbocycles. The van der Waals surface area contributed by atoms with Gasteiger partial charge in [0.25, 0.3) is 5.91 Å². The first-order valence-electron chi connectivity index (χ1n) is 7.72. The molecule has 0 fully saturated rings. The first kappa shape index (κ1) is 15.0. The summed E-state index contributed by atoms with van der Waals surface area (Å²) in [6, 6.07) is 8.90. The van der Waals surface area contributed by atoms with Gasteiger partial charge in [0, 0.05) is 28.6 Å². The third-order valence-corrected chi connectivity index (χ3v) is 4.27. The van der Waals surface area contributed by atoms with Crippen molar-refractivity contribution in [1.82, 2.24) is 10.3 Å². The second-order valence-corrected chi connectivity index (χ2v) is 6.12. The van der Waals surface area contributed by atoms with Crippen molar-refractivity contribution < 1.29 is 13.8 Å². The number of anilines is 1. The number of aromatic nitrogens is 2. The normalized spacial score (nSPS) is 13.5. The summed E-state index contributed by atoms with van der Waals surface area (Å²) >= 11 is 5.97. The van der Waals surface area contributed by atoms with Crippen LogP contribution in [0.1, 0.15) is 34.7 Å². The molecule has 2 heterocycles. The standard InChI is InChI=1S/C17H14ClN3O3/c18-11-5-3-4-10(8-11)13-9-15(24-20-13)19-17(22)16-12-6-1-2-7-14(12)23-21-16/h3-5,8-9H,1-2,6-7H2,(H,19,22). The van der Waals surface area contributed by atoms with E-state index in [4.69, 9.17) is 20.6 Å². The topological polar surface area (TPSA) is 81.2 Å². The van der Waals surface area contributed by atoms with Gasteiger partial charge in [-0.3, -0.25) is 10.1 Å². The average molecular weight is 344 g/mol. The maximum atomic E-state index is 12.4. The highest BCUT2D eigenvalue weighted by atomic mass is 35.5. The molecule has 1 N–H and O–H groups in total. The van der Waals surface area contributed by atoms with E-state index in [1.807, 2.05) is 12.1 Å². The van der Waals surface area contributed by atoms with Crippen LogP contribution in [0.4, 0.5) is 5.88 Å². The Bertz CT molecular complexity index is 900. The van der Waals surface area contributed by atoms with Crippen molar-refractivity contribution in [2.75, 3.05) is 5.32 Å². The molecule has 0 radical (unpaired) electrons. The Balaban J connectivity index is 1.54. The van der Waals surface area contributed by atoms with E-state index in [2.05, 4.69) is 15.6 Å². The third-order valence-electron chi connectivity index (χ3n) is 4.03. The minimum atomic E-state index is -0.351. The number of fused-ring (bicyclic) bond motifs is 1. The Morgan fingerprint density at radius 1 is 1.12 bits per heavy atom. The molecule has 0 bridgehead atoms. The van der Waals surface area contributed by atoms with Gasteiger partial charge in [0.15, 0.2) is 5.69 Å². The molecule has 122 valence electrons. The molecule has 0 spiro atoms. The van der Waals surface area contributed by atoms with E-state index in [9.17, 15) is 4.79 Å². The fraction of sp³-hybridized carbons (Fsp3) is 0.235. The fourth-order valence-corrected chi connectivity index (χ4v) is 3.04. The third kappa shape index (κ3) is 2.80. The number of rotatable bonds is 3. The van der Waals surface area contributed by atoms with Gasteiger partial charge in [0.05, 0.1) is 0 Å². The molecule has 1 aromatic carbocycles. The smallest absolute Gasteiger partial charge is 0.280 e. The number of hydrogen-bond donors (Lipinski definition) is 1. The molecular weight excluding hydrogens is 330 g/mol. The summed E-state index contributed by atoms with van der Waals surface area (Å²) in [5.74, 6) is 0.710. The maximum Gasteiger partial charge on any atom is 0.280 e. The van der Waals surface area contributed by atoms with Crippen molar-refractivity contribution in [1.29, 1.82) is 0 Å². The van der Waals surface area contributed by atoms with Gasteiger partial charge in [0.2, 0.25) is 5.88 Å². The highest BCUT2D eigenvalue weighted by Gasteiger charge is 2.24. The first-order chi connectivity index (χ1) is 11.7. The summed E-state index contributed by atoms with van der Waals surface area (Å²) in [6.07, 6.45) is 3.74. The summed E-state index contributed by atoms with van der Waals surface area (Å²) in [7, 11) is 0. The molecule has 0 saturated heterocycles. The fourth-order valence-electron chi connectivity index (χ4n) is 2.85. The van der Waals surface area contributed by atoms with E-state index in [0.29, 0.717) is 16.4 Å². The molecule has 1 amide bonds. The number of aryl methyl sites for hydroxylation is 1. The number of halogens is 1. The van der Waals surface area contributed by atoms with Gasteiger partial charge >= 0.3 is 0 Å². The van der Waals surface area contributed by atoms with Gasteiger partial charge in [-0.05, 0) is 31.4 Å². The quantitative estimate of drug-likeness (QED) is 0.773. The van der Waals surface area contributed by atoms with Gasteiger partial charge in [-0.15, -0.1) is 0 Å². The highest BCUT2D eigenvalue weighted by molar-refractivity contribution is 6.30. The van der Waals surface area contributed by atoms with Gasteiger partial charge < -0.3 is 9.05 Å². The van der Waals surface area contributed by atoms with Crippen LogP contribution >= 0.6 is 11.6 Å². The van der Waals surface area contributed by atoms with Crippen LogP contribution in [0.5, 0.6) is 0 Å². The van der Waals surface area contributed by atoms with E-state index in [1.54, 1.807) is 18.2 Å². The molecule has 1 aliphatic rings. The molecule has 0 aliphatic heterocycles. The minimum absolute atomic E-state index is 0.252. The Morgan fingerprint density at radius 3 is 2.88 bits per heavy atom. The summed E-state index contributed by atoms with van der Waals surface area (Å²) in [5, 5.41) is 11.1. The lowest BCUT2D eigenvalue weighted by molar-refractivity contribution is 0.101. The zero-order valence-electron chi connectivity index (χ0n) is 12.7. The first-order valence-corrected chi connectivity index (χ1v) is 8.10. The number of carbonyl (C=O) groups is 1.